The molecule has 2 N–H and O–H groups in total. The Morgan fingerprint density at radius 1 is 1.10 bits per heavy atom. The lowest BCUT2D eigenvalue weighted by Crippen LogP contribution is -2.13. The van der Waals surface area contributed by atoms with Crippen molar-refractivity contribution < 1.29 is 19.1 Å². The fraction of sp³-hybridized carbons (Fsp3) is 0. The molecule has 0 aliphatic rings. The third-order valence-electron chi connectivity index (χ3n) is 2.58. The molecule has 2 aromatic carbocycles. The number of nitrogens with one attached hydrogen (secondary N) is 1. The van der Waals surface area contributed by atoms with Gasteiger partial charge in [0, 0.05) is 5.69 Å². The molecule has 0 bridgehead atoms. The summed E-state index contributed by atoms with van der Waals surface area (Å²) in [5.74, 6) is -2.44. The van der Waals surface area contributed by atoms with Gasteiger partial charge in [0.2, 0.25) is 0 Å². The Bertz CT molecular complexity index is 688. The average Bonchev–Trinajstić information content (AvgIpc) is 2.38. The van der Waals surface area contributed by atoms with E-state index in [1.807, 2.05) is 0 Å². The maximum atomic E-state index is 13.4. The molecule has 0 aromatic heterocycles. The second-order valence-corrected chi connectivity index (χ2v) is 4.34. The van der Waals surface area contributed by atoms with Crippen LogP contribution in [0.4, 0.5) is 10.1 Å². The van der Waals surface area contributed by atoms with Gasteiger partial charge in [-0.25, -0.2) is 9.18 Å². The topological polar surface area (TPSA) is 66.4 Å². The standard InChI is InChI=1S/C14H9ClFNO3/c15-11-7-8(5-6-9(11)14(19)20)17-13(18)10-3-1-2-4-12(10)16/h1-7H,(H,17,18)(H,19,20). The number of anilines is 1. The first-order valence-corrected chi connectivity index (χ1v) is 5.95. The van der Waals surface area contributed by atoms with E-state index in [9.17, 15) is 14.0 Å². The maximum absolute atomic E-state index is 13.4. The summed E-state index contributed by atoms with van der Waals surface area (Å²) in [6.45, 7) is 0. The van der Waals surface area contributed by atoms with E-state index in [-0.39, 0.29) is 21.8 Å². The number of benzene rings is 2. The highest BCUT2D eigenvalue weighted by molar-refractivity contribution is 6.33. The molecule has 0 saturated heterocycles. The molecule has 0 fully saturated rings. The van der Waals surface area contributed by atoms with Crippen LogP contribution in [-0.4, -0.2) is 17.0 Å². The number of aromatic carboxylic acids is 1. The lowest BCUT2D eigenvalue weighted by molar-refractivity contribution is 0.0697. The first-order valence-electron chi connectivity index (χ1n) is 5.58. The van der Waals surface area contributed by atoms with Gasteiger partial charge >= 0.3 is 5.97 Å². The Labute approximate surface area is 118 Å². The zero-order valence-electron chi connectivity index (χ0n) is 10.1. The lowest BCUT2D eigenvalue weighted by Gasteiger charge is -2.07. The number of amides is 1. The van der Waals surface area contributed by atoms with Crippen molar-refractivity contribution in [3.05, 3.63) is 64.4 Å². The molecule has 102 valence electrons. The third-order valence-corrected chi connectivity index (χ3v) is 2.89. The first-order chi connectivity index (χ1) is 9.49. The highest BCUT2D eigenvalue weighted by Crippen LogP contribution is 2.21. The Morgan fingerprint density at radius 2 is 1.80 bits per heavy atom. The fourth-order valence-electron chi connectivity index (χ4n) is 1.61. The van der Waals surface area contributed by atoms with Crippen molar-refractivity contribution in [2.45, 2.75) is 0 Å². The molecule has 0 saturated carbocycles. The van der Waals surface area contributed by atoms with Crippen molar-refractivity contribution in [2.75, 3.05) is 5.32 Å². The molecule has 0 radical (unpaired) electrons. The number of carboxylic acid groups (broad SMARTS) is 1. The van der Waals surface area contributed by atoms with Crippen molar-refractivity contribution in [3.8, 4) is 0 Å². The minimum Gasteiger partial charge on any atom is -0.478 e. The number of rotatable bonds is 3. The van der Waals surface area contributed by atoms with Gasteiger partial charge in [-0.1, -0.05) is 23.7 Å². The van der Waals surface area contributed by atoms with Crippen LogP contribution in [0, 0.1) is 5.82 Å². The summed E-state index contributed by atoms with van der Waals surface area (Å²) < 4.78 is 13.4. The van der Waals surface area contributed by atoms with Gasteiger partial charge in [-0.05, 0) is 30.3 Å². The van der Waals surface area contributed by atoms with Crippen molar-refractivity contribution in [1.29, 1.82) is 0 Å². The van der Waals surface area contributed by atoms with E-state index in [0.29, 0.717) is 0 Å². The lowest BCUT2D eigenvalue weighted by atomic mass is 10.1. The number of carbonyl (C=O) groups excluding carboxylic acids is 1. The number of carbonyl (C=O) groups is 2. The summed E-state index contributed by atoms with van der Waals surface area (Å²) in [4.78, 5) is 22.7. The molecule has 1 amide bonds. The van der Waals surface area contributed by atoms with Crippen LogP contribution in [0.3, 0.4) is 0 Å². The Morgan fingerprint density at radius 3 is 2.40 bits per heavy atom. The summed E-state index contributed by atoms with van der Waals surface area (Å²) in [5, 5.41) is 11.3. The van der Waals surface area contributed by atoms with Gasteiger partial charge in [-0.2, -0.15) is 0 Å². The van der Waals surface area contributed by atoms with E-state index in [2.05, 4.69) is 5.32 Å². The minimum absolute atomic E-state index is 0.0103. The number of carboxylic acids is 1. The maximum Gasteiger partial charge on any atom is 0.337 e. The average molecular weight is 294 g/mol. The first kappa shape index (κ1) is 14.0. The number of hydrogen-bond donors (Lipinski definition) is 2. The monoisotopic (exact) mass is 293 g/mol. The zero-order chi connectivity index (χ0) is 14.7. The Balaban J connectivity index is 2.23. The van der Waals surface area contributed by atoms with Crippen LogP contribution < -0.4 is 5.32 Å². The van der Waals surface area contributed by atoms with Crippen LogP contribution in [0.2, 0.25) is 5.02 Å². The van der Waals surface area contributed by atoms with E-state index in [1.54, 1.807) is 6.07 Å². The second-order valence-electron chi connectivity index (χ2n) is 3.93. The van der Waals surface area contributed by atoms with Crippen LogP contribution in [0.15, 0.2) is 42.5 Å². The molecule has 0 aliphatic heterocycles. The zero-order valence-corrected chi connectivity index (χ0v) is 10.8. The normalized spacial score (nSPS) is 10.1. The van der Waals surface area contributed by atoms with E-state index in [0.717, 1.165) is 0 Å². The molecule has 0 spiro atoms. The molecular weight excluding hydrogens is 285 g/mol. The number of halogens is 2. The van der Waals surface area contributed by atoms with E-state index in [4.69, 9.17) is 16.7 Å². The van der Waals surface area contributed by atoms with Crippen molar-refractivity contribution in [3.63, 3.8) is 0 Å². The van der Waals surface area contributed by atoms with Crippen LogP contribution in [0.1, 0.15) is 20.7 Å². The molecule has 0 atom stereocenters. The van der Waals surface area contributed by atoms with Crippen LogP contribution >= 0.6 is 11.6 Å². The summed E-state index contributed by atoms with van der Waals surface area (Å²) in [7, 11) is 0. The summed E-state index contributed by atoms with van der Waals surface area (Å²) >= 11 is 5.78. The molecule has 2 rings (SSSR count). The molecule has 4 nitrogen and oxygen atoms in total. The quantitative estimate of drug-likeness (QED) is 0.911. The minimum atomic E-state index is -1.16. The smallest absolute Gasteiger partial charge is 0.337 e. The van der Waals surface area contributed by atoms with Gasteiger partial charge in [0.05, 0.1) is 16.1 Å². The molecule has 0 aliphatic carbocycles. The highest BCUT2D eigenvalue weighted by atomic mass is 35.5. The number of hydrogen-bond acceptors (Lipinski definition) is 2. The molecule has 6 heteroatoms. The Kier molecular flexibility index (Phi) is 4.00. The van der Waals surface area contributed by atoms with E-state index in [1.165, 1.54) is 36.4 Å². The summed E-state index contributed by atoms with van der Waals surface area (Å²) in [6.07, 6.45) is 0. The SMILES string of the molecule is O=C(Nc1ccc(C(=O)O)c(Cl)c1)c1ccccc1F. The van der Waals surface area contributed by atoms with Gasteiger partial charge in [0.15, 0.2) is 0 Å². The second kappa shape index (κ2) is 5.71. The van der Waals surface area contributed by atoms with Crippen LogP contribution in [0.5, 0.6) is 0 Å². The van der Waals surface area contributed by atoms with Crippen molar-refractivity contribution in [1.82, 2.24) is 0 Å². The molecule has 20 heavy (non-hydrogen) atoms. The van der Waals surface area contributed by atoms with Crippen LogP contribution in [-0.2, 0) is 0 Å². The predicted octanol–water partition coefficient (Wildman–Crippen LogP) is 3.43. The molecular formula is C14H9ClFNO3. The third kappa shape index (κ3) is 2.95. The molecule has 0 heterocycles. The van der Waals surface area contributed by atoms with Gasteiger partial charge in [-0.3, -0.25) is 4.79 Å². The predicted molar refractivity (Wildman–Crippen MR) is 72.8 cm³/mol. The Hall–Kier alpha value is -2.40. The largest absolute Gasteiger partial charge is 0.478 e. The fourth-order valence-corrected chi connectivity index (χ4v) is 1.87. The van der Waals surface area contributed by atoms with E-state index >= 15 is 0 Å². The van der Waals surface area contributed by atoms with Gasteiger partial charge in [0.25, 0.3) is 5.91 Å². The summed E-state index contributed by atoms with van der Waals surface area (Å²) in [6, 6.07) is 9.48. The van der Waals surface area contributed by atoms with E-state index < -0.39 is 17.7 Å². The van der Waals surface area contributed by atoms with Gasteiger partial charge in [-0.15, -0.1) is 0 Å². The molecule has 0 unspecified atom stereocenters. The van der Waals surface area contributed by atoms with Gasteiger partial charge in [0.1, 0.15) is 5.82 Å². The highest BCUT2D eigenvalue weighted by Gasteiger charge is 2.13. The van der Waals surface area contributed by atoms with Crippen molar-refractivity contribution >= 4 is 29.2 Å². The summed E-state index contributed by atoms with van der Waals surface area (Å²) in [5.41, 5.74) is 0.106. The van der Waals surface area contributed by atoms with Crippen molar-refractivity contribution in [2.24, 2.45) is 0 Å². The molecule has 2 aromatic rings. The van der Waals surface area contributed by atoms with Crippen LogP contribution in [0.25, 0.3) is 0 Å². The van der Waals surface area contributed by atoms with Gasteiger partial charge < -0.3 is 10.4 Å².